The molecule has 3 rings (SSSR count). The molecule has 0 saturated carbocycles. The van der Waals surface area contributed by atoms with Gasteiger partial charge in [-0.3, -0.25) is 9.36 Å². The summed E-state index contributed by atoms with van der Waals surface area (Å²) < 4.78 is 2.58. The molecule has 1 aliphatic heterocycles. The standard InChI is InChI=1S/C16H20N4O2/c1-11-6-7-13-5-4-8-19(15(13)12(11)2)14(21)9-20-16(22)18(3)10-17-20/h6-7,10H,4-5,8-9H2,1-3H3. The number of carbonyl (C=O) groups is 1. The van der Waals surface area contributed by atoms with Crippen molar-refractivity contribution in [2.24, 2.45) is 7.05 Å². The second-order valence-corrected chi connectivity index (χ2v) is 5.85. The van der Waals surface area contributed by atoms with Crippen molar-refractivity contribution < 1.29 is 4.79 Å². The molecule has 0 saturated heterocycles. The monoisotopic (exact) mass is 300 g/mol. The number of anilines is 1. The van der Waals surface area contributed by atoms with Crippen LogP contribution in [-0.2, 0) is 24.8 Å². The maximum absolute atomic E-state index is 12.7. The molecule has 2 heterocycles. The summed E-state index contributed by atoms with van der Waals surface area (Å²) in [6, 6.07) is 4.20. The van der Waals surface area contributed by atoms with Crippen LogP contribution in [0.15, 0.2) is 23.3 Å². The zero-order valence-corrected chi connectivity index (χ0v) is 13.2. The summed E-state index contributed by atoms with van der Waals surface area (Å²) >= 11 is 0. The summed E-state index contributed by atoms with van der Waals surface area (Å²) in [6.45, 7) is 4.77. The van der Waals surface area contributed by atoms with Gasteiger partial charge >= 0.3 is 5.69 Å². The lowest BCUT2D eigenvalue weighted by atomic mass is 9.95. The molecule has 2 aromatic rings. The van der Waals surface area contributed by atoms with E-state index in [1.54, 1.807) is 7.05 Å². The first kappa shape index (κ1) is 14.6. The lowest BCUT2D eigenvalue weighted by molar-refractivity contribution is -0.119. The van der Waals surface area contributed by atoms with Gasteiger partial charge in [-0.15, -0.1) is 0 Å². The molecule has 6 heteroatoms. The van der Waals surface area contributed by atoms with Crippen LogP contribution >= 0.6 is 0 Å². The van der Waals surface area contributed by atoms with Gasteiger partial charge in [-0.25, -0.2) is 9.48 Å². The van der Waals surface area contributed by atoms with Gasteiger partial charge in [0.2, 0.25) is 5.91 Å². The van der Waals surface area contributed by atoms with E-state index in [1.807, 2.05) is 11.8 Å². The third kappa shape index (κ3) is 2.34. The van der Waals surface area contributed by atoms with Crippen molar-refractivity contribution in [2.45, 2.75) is 33.2 Å². The zero-order valence-electron chi connectivity index (χ0n) is 13.2. The molecule has 0 atom stereocenters. The van der Waals surface area contributed by atoms with Gasteiger partial charge in [0.15, 0.2) is 0 Å². The van der Waals surface area contributed by atoms with E-state index in [2.05, 4.69) is 24.2 Å². The number of hydrogen-bond donors (Lipinski definition) is 0. The summed E-state index contributed by atoms with van der Waals surface area (Å²) in [5, 5.41) is 3.97. The van der Waals surface area contributed by atoms with E-state index in [0.29, 0.717) is 6.54 Å². The van der Waals surface area contributed by atoms with Gasteiger partial charge in [0.05, 0.1) is 5.69 Å². The van der Waals surface area contributed by atoms with E-state index in [1.165, 1.54) is 26.7 Å². The molecule has 0 fully saturated rings. The molecular formula is C16H20N4O2. The third-order valence-electron chi connectivity index (χ3n) is 4.36. The number of aromatic nitrogens is 3. The number of nitrogens with zero attached hydrogens (tertiary/aromatic N) is 4. The maximum Gasteiger partial charge on any atom is 0.345 e. The van der Waals surface area contributed by atoms with Gasteiger partial charge in [-0.05, 0) is 43.4 Å². The van der Waals surface area contributed by atoms with Crippen molar-refractivity contribution in [1.29, 1.82) is 0 Å². The van der Waals surface area contributed by atoms with Gasteiger partial charge in [0.1, 0.15) is 12.9 Å². The fourth-order valence-electron chi connectivity index (χ4n) is 2.97. The Morgan fingerprint density at radius 3 is 2.77 bits per heavy atom. The summed E-state index contributed by atoms with van der Waals surface area (Å²) in [5.74, 6) is -0.0875. The van der Waals surface area contributed by atoms with Crippen LogP contribution in [0.3, 0.4) is 0 Å². The topological polar surface area (TPSA) is 60.1 Å². The second-order valence-electron chi connectivity index (χ2n) is 5.85. The molecule has 22 heavy (non-hydrogen) atoms. The molecule has 0 unspecified atom stereocenters. The largest absolute Gasteiger partial charge is 0.345 e. The molecule has 0 radical (unpaired) electrons. The highest BCUT2D eigenvalue weighted by Crippen LogP contribution is 2.32. The minimum Gasteiger partial charge on any atom is -0.310 e. The van der Waals surface area contributed by atoms with E-state index < -0.39 is 0 Å². The molecule has 1 aromatic carbocycles. The van der Waals surface area contributed by atoms with Gasteiger partial charge in [0, 0.05) is 13.6 Å². The van der Waals surface area contributed by atoms with Crippen molar-refractivity contribution in [3.63, 3.8) is 0 Å². The van der Waals surface area contributed by atoms with Gasteiger partial charge < -0.3 is 4.90 Å². The SMILES string of the molecule is Cc1ccc2c(c1C)N(C(=O)Cn1ncn(C)c1=O)CCC2. The molecule has 6 nitrogen and oxygen atoms in total. The normalized spacial score (nSPS) is 14.0. The van der Waals surface area contributed by atoms with E-state index >= 15 is 0 Å². The van der Waals surface area contributed by atoms with Crippen LogP contribution in [-0.4, -0.2) is 26.8 Å². The highest BCUT2D eigenvalue weighted by atomic mass is 16.2. The highest BCUT2D eigenvalue weighted by molar-refractivity contribution is 5.95. The second kappa shape index (κ2) is 5.44. The van der Waals surface area contributed by atoms with Crippen molar-refractivity contribution in [3.8, 4) is 0 Å². The van der Waals surface area contributed by atoms with Crippen molar-refractivity contribution in [2.75, 3.05) is 11.4 Å². The first-order valence-electron chi connectivity index (χ1n) is 7.47. The summed E-state index contributed by atoms with van der Waals surface area (Å²) in [6.07, 6.45) is 3.36. The molecule has 116 valence electrons. The predicted octanol–water partition coefficient (Wildman–Crippen LogP) is 1.18. The molecule has 1 aliphatic rings. The minimum atomic E-state index is -0.272. The number of amides is 1. The highest BCUT2D eigenvalue weighted by Gasteiger charge is 2.25. The molecule has 0 N–H and O–H groups in total. The zero-order chi connectivity index (χ0) is 15.9. The molecule has 0 spiro atoms. The number of fused-ring (bicyclic) bond motifs is 1. The first-order chi connectivity index (χ1) is 10.5. The van der Waals surface area contributed by atoms with Crippen LogP contribution in [0.2, 0.25) is 0 Å². The summed E-state index contributed by atoms with van der Waals surface area (Å²) in [5.41, 5.74) is 4.26. The van der Waals surface area contributed by atoms with Gasteiger partial charge in [-0.1, -0.05) is 12.1 Å². The van der Waals surface area contributed by atoms with E-state index in [9.17, 15) is 9.59 Å². The smallest absolute Gasteiger partial charge is 0.310 e. The minimum absolute atomic E-state index is 0.0213. The maximum atomic E-state index is 12.7. The third-order valence-corrected chi connectivity index (χ3v) is 4.36. The first-order valence-corrected chi connectivity index (χ1v) is 7.47. The van der Waals surface area contributed by atoms with Crippen LogP contribution in [0.25, 0.3) is 0 Å². The van der Waals surface area contributed by atoms with Crippen LogP contribution in [0.1, 0.15) is 23.1 Å². The molecule has 0 bridgehead atoms. The Balaban J connectivity index is 1.94. The van der Waals surface area contributed by atoms with E-state index in [0.717, 1.165) is 24.1 Å². The molecule has 0 aliphatic carbocycles. The quantitative estimate of drug-likeness (QED) is 0.836. The Morgan fingerprint density at radius 2 is 2.09 bits per heavy atom. The number of aryl methyl sites for hydroxylation is 3. The predicted molar refractivity (Wildman–Crippen MR) is 84.1 cm³/mol. The summed E-state index contributed by atoms with van der Waals surface area (Å²) in [4.78, 5) is 26.3. The van der Waals surface area contributed by atoms with Crippen LogP contribution < -0.4 is 10.6 Å². The van der Waals surface area contributed by atoms with E-state index in [-0.39, 0.29) is 18.1 Å². The number of carbonyl (C=O) groups excluding carboxylic acids is 1. The number of rotatable bonds is 2. The van der Waals surface area contributed by atoms with Crippen LogP contribution in [0.5, 0.6) is 0 Å². The molecule has 1 amide bonds. The average molecular weight is 300 g/mol. The molecular weight excluding hydrogens is 280 g/mol. The fraction of sp³-hybridized carbons (Fsp3) is 0.438. The number of benzene rings is 1. The Hall–Kier alpha value is -2.37. The average Bonchev–Trinajstić information content (AvgIpc) is 2.82. The fourth-order valence-corrected chi connectivity index (χ4v) is 2.97. The van der Waals surface area contributed by atoms with Crippen molar-refractivity contribution in [1.82, 2.24) is 14.3 Å². The Morgan fingerprint density at radius 1 is 1.32 bits per heavy atom. The number of hydrogen-bond acceptors (Lipinski definition) is 3. The molecule has 1 aromatic heterocycles. The Kier molecular flexibility index (Phi) is 3.60. The van der Waals surface area contributed by atoms with Crippen LogP contribution in [0, 0.1) is 13.8 Å². The van der Waals surface area contributed by atoms with Crippen molar-refractivity contribution >= 4 is 11.6 Å². The summed E-state index contributed by atoms with van der Waals surface area (Å²) in [7, 11) is 1.63. The lowest BCUT2D eigenvalue weighted by Gasteiger charge is -2.31. The van der Waals surface area contributed by atoms with Gasteiger partial charge in [-0.2, -0.15) is 5.10 Å². The lowest BCUT2D eigenvalue weighted by Crippen LogP contribution is -2.40. The van der Waals surface area contributed by atoms with Crippen LogP contribution in [0.4, 0.5) is 5.69 Å². The van der Waals surface area contributed by atoms with Gasteiger partial charge in [0.25, 0.3) is 0 Å². The Bertz CT molecular complexity index is 788. The Labute approximate surface area is 129 Å². The van der Waals surface area contributed by atoms with Crippen molar-refractivity contribution in [3.05, 3.63) is 45.6 Å². The van der Waals surface area contributed by atoms with E-state index in [4.69, 9.17) is 0 Å².